The van der Waals surface area contributed by atoms with Crippen molar-refractivity contribution < 1.29 is 4.79 Å². The summed E-state index contributed by atoms with van der Waals surface area (Å²) >= 11 is 0. The van der Waals surface area contributed by atoms with Crippen LogP contribution >= 0.6 is 0 Å². The Bertz CT molecular complexity index is 255. The third-order valence-corrected chi connectivity index (χ3v) is 3.65. The fourth-order valence-electron chi connectivity index (χ4n) is 2.52. The Balaban J connectivity index is 2.39. The molecule has 2 atom stereocenters. The summed E-state index contributed by atoms with van der Waals surface area (Å²) in [5.74, 6) is 0.173. The number of nitrogens with zero attached hydrogens (tertiary/aromatic N) is 1. The molecule has 1 heterocycles. The van der Waals surface area contributed by atoms with Gasteiger partial charge in [-0.25, -0.2) is 0 Å². The van der Waals surface area contributed by atoms with Crippen LogP contribution in [0.5, 0.6) is 0 Å². The summed E-state index contributed by atoms with van der Waals surface area (Å²) in [5, 5.41) is 6.54. The SMILES string of the molecule is CCC1CN(CCC(=O)NC(C)C)C(CC)CN1. The summed E-state index contributed by atoms with van der Waals surface area (Å²) in [5.41, 5.74) is 0. The van der Waals surface area contributed by atoms with E-state index in [-0.39, 0.29) is 11.9 Å². The molecular formula is C14H29N3O. The van der Waals surface area contributed by atoms with Crippen LogP contribution in [0.15, 0.2) is 0 Å². The van der Waals surface area contributed by atoms with Gasteiger partial charge in [-0.1, -0.05) is 13.8 Å². The minimum atomic E-state index is 0.173. The van der Waals surface area contributed by atoms with Gasteiger partial charge in [-0.3, -0.25) is 9.69 Å². The Morgan fingerprint density at radius 3 is 2.67 bits per heavy atom. The van der Waals surface area contributed by atoms with Gasteiger partial charge in [0.15, 0.2) is 0 Å². The van der Waals surface area contributed by atoms with Gasteiger partial charge in [0.2, 0.25) is 5.91 Å². The van der Waals surface area contributed by atoms with E-state index in [2.05, 4.69) is 29.4 Å². The molecule has 1 aliphatic rings. The van der Waals surface area contributed by atoms with E-state index in [1.54, 1.807) is 0 Å². The van der Waals surface area contributed by atoms with Crippen LogP contribution < -0.4 is 10.6 Å². The van der Waals surface area contributed by atoms with Gasteiger partial charge >= 0.3 is 0 Å². The Hall–Kier alpha value is -0.610. The van der Waals surface area contributed by atoms with Crippen LogP contribution in [-0.4, -0.2) is 48.6 Å². The van der Waals surface area contributed by atoms with Crippen molar-refractivity contribution in [1.29, 1.82) is 0 Å². The smallest absolute Gasteiger partial charge is 0.221 e. The second kappa shape index (κ2) is 7.74. The zero-order valence-corrected chi connectivity index (χ0v) is 12.3. The molecule has 1 aliphatic heterocycles. The Kier molecular flexibility index (Phi) is 6.65. The maximum absolute atomic E-state index is 11.7. The number of amides is 1. The van der Waals surface area contributed by atoms with E-state index >= 15 is 0 Å². The molecule has 4 nitrogen and oxygen atoms in total. The number of piperazine rings is 1. The fraction of sp³-hybridized carbons (Fsp3) is 0.929. The first-order valence-corrected chi connectivity index (χ1v) is 7.33. The number of rotatable bonds is 6. The van der Waals surface area contributed by atoms with Gasteiger partial charge in [0.05, 0.1) is 0 Å². The predicted octanol–water partition coefficient (Wildman–Crippen LogP) is 1.36. The molecular weight excluding hydrogens is 226 g/mol. The van der Waals surface area contributed by atoms with Crippen molar-refractivity contribution in [2.75, 3.05) is 19.6 Å². The molecule has 0 bridgehead atoms. The normalized spacial score (nSPS) is 25.4. The molecule has 18 heavy (non-hydrogen) atoms. The lowest BCUT2D eigenvalue weighted by atomic mass is 10.0. The number of hydrogen-bond acceptors (Lipinski definition) is 3. The molecule has 0 spiro atoms. The lowest BCUT2D eigenvalue weighted by Gasteiger charge is -2.40. The van der Waals surface area contributed by atoms with E-state index in [1.165, 1.54) is 0 Å². The van der Waals surface area contributed by atoms with Crippen LogP contribution in [0.25, 0.3) is 0 Å². The third kappa shape index (κ3) is 4.94. The molecule has 1 saturated heterocycles. The van der Waals surface area contributed by atoms with Crippen molar-refractivity contribution in [2.24, 2.45) is 0 Å². The van der Waals surface area contributed by atoms with Crippen LogP contribution in [0.4, 0.5) is 0 Å². The van der Waals surface area contributed by atoms with E-state index in [9.17, 15) is 4.79 Å². The molecule has 0 saturated carbocycles. The first-order chi connectivity index (χ1) is 8.56. The van der Waals surface area contributed by atoms with Crippen molar-refractivity contribution in [2.45, 2.75) is 65.1 Å². The van der Waals surface area contributed by atoms with Gasteiger partial charge < -0.3 is 10.6 Å². The first-order valence-electron chi connectivity index (χ1n) is 7.33. The molecule has 106 valence electrons. The molecule has 1 fully saturated rings. The van der Waals surface area contributed by atoms with Gasteiger partial charge in [0, 0.05) is 44.2 Å². The van der Waals surface area contributed by atoms with Crippen LogP contribution in [0, 0.1) is 0 Å². The third-order valence-electron chi connectivity index (χ3n) is 3.65. The van der Waals surface area contributed by atoms with Gasteiger partial charge in [0.1, 0.15) is 0 Å². The number of carbonyl (C=O) groups excluding carboxylic acids is 1. The van der Waals surface area contributed by atoms with Gasteiger partial charge in [-0.05, 0) is 26.7 Å². The van der Waals surface area contributed by atoms with Gasteiger partial charge in [0.25, 0.3) is 0 Å². The predicted molar refractivity (Wildman–Crippen MR) is 75.6 cm³/mol. The zero-order chi connectivity index (χ0) is 13.5. The molecule has 2 N–H and O–H groups in total. The molecule has 1 rings (SSSR count). The lowest BCUT2D eigenvalue weighted by Crippen LogP contribution is -2.56. The largest absolute Gasteiger partial charge is 0.354 e. The molecule has 1 amide bonds. The van der Waals surface area contributed by atoms with E-state index in [4.69, 9.17) is 0 Å². The maximum atomic E-state index is 11.7. The number of hydrogen-bond donors (Lipinski definition) is 2. The second-order valence-electron chi connectivity index (χ2n) is 5.54. The molecule has 2 unspecified atom stereocenters. The van der Waals surface area contributed by atoms with Crippen molar-refractivity contribution in [3.8, 4) is 0 Å². The zero-order valence-electron chi connectivity index (χ0n) is 12.3. The van der Waals surface area contributed by atoms with Crippen LogP contribution in [0.1, 0.15) is 47.0 Å². The topological polar surface area (TPSA) is 44.4 Å². The number of nitrogens with one attached hydrogen (secondary N) is 2. The minimum absolute atomic E-state index is 0.173. The Morgan fingerprint density at radius 2 is 2.11 bits per heavy atom. The molecule has 4 heteroatoms. The van der Waals surface area contributed by atoms with E-state index in [0.717, 1.165) is 32.5 Å². The molecule has 0 aromatic rings. The van der Waals surface area contributed by atoms with Crippen molar-refractivity contribution >= 4 is 5.91 Å². The summed E-state index contributed by atoms with van der Waals surface area (Å²) in [7, 11) is 0. The monoisotopic (exact) mass is 255 g/mol. The lowest BCUT2D eigenvalue weighted by molar-refractivity contribution is -0.122. The molecule has 0 aromatic heterocycles. The van der Waals surface area contributed by atoms with Gasteiger partial charge in [-0.15, -0.1) is 0 Å². The second-order valence-corrected chi connectivity index (χ2v) is 5.54. The standard InChI is InChI=1S/C14H29N3O/c1-5-12-10-17(13(6-2)9-15-12)8-7-14(18)16-11(3)4/h11-13,15H,5-10H2,1-4H3,(H,16,18). The molecule has 0 aromatic carbocycles. The van der Waals surface area contributed by atoms with Crippen molar-refractivity contribution in [3.05, 3.63) is 0 Å². The maximum Gasteiger partial charge on any atom is 0.221 e. The highest BCUT2D eigenvalue weighted by molar-refractivity contribution is 5.76. The van der Waals surface area contributed by atoms with Crippen LogP contribution in [0.2, 0.25) is 0 Å². The summed E-state index contributed by atoms with van der Waals surface area (Å²) in [6, 6.07) is 1.41. The van der Waals surface area contributed by atoms with E-state index in [0.29, 0.717) is 18.5 Å². The summed E-state index contributed by atoms with van der Waals surface area (Å²) in [4.78, 5) is 14.2. The average molecular weight is 255 g/mol. The highest BCUT2D eigenvalue weighted by Crippen LogP contribution is 2.12. The van der Waals surface area contributed by atoms with E-state index in [1.807, 2.05) is 13.8 Å². The highest BCUT2D eigenvalue weighted by Gasteiger charge is 2.25. The highest BCUT2D eigenvalue weighted by atomic mass is 16.1. The summed E-state index contributed by atoms with van der Waals surface area (Å²) < 4.78 is 0. The molecule has 0 radical (unpaired) electrons. The Morgan fingerprint density at radius 1 is 1.39 bits per heavy atom. The number of carbonyl (C=O) groups is 1. The average Bonchev–Trinajstić information content (AvgIpc) is 2.35. The first kappa shape index (κ1) is 15.4. The molecule has 0 aliphatic carbocycles. The van der Waals surface area contributed by atoms with Crippen molar-refractivity contribution in [3.63, 3.8) is 0 Å². The summed E-state index contributed by atoms with van der Waals surface area (Å²) in [6.07, 6.45) is 2.92. The minimum Gasteiger partial charge on any atom is -0.354 e. The fourth-order valence-corrected chi connectivity index (χ4v) is 2.52. The van der Waals surface area contributed by atoms with Gasteiger partial charge in [-0.2, -0.15) is 0 Å². The van der Waals surface area contributed by atoms with E-state index < -0.39 is 0 Å². The Labute approximate surface area is 111 Å². The summed E-state index contributed by atoms with van der Waals surface area (Å²) in [6.45, 7) is 11.5. The van der Waals surface area contributed by atoms with Crippen LogP contribution in [-0.2, 0) is 4.79 Å². The quantitative estimate of drug-likeness (QED) is 0.753. The van der Waals surface area contributed by atoms with Crippen molar-refractivity contribution in [1.82, 2.24) is 15.5 Å². The van der Waals surface area contributed by atoms with Crippen LogP contribution in [0.3, 0.4) is 0 Å².